The van der Waals surface area contributed by atoms with E-state index in [0.29, 0.717) is 17.1 Å². The van der Waals surface area contributed by atoms with Crippen LogP contribution in [-0.4, -0.2) is 19.7 Å². The fourth-order valence-electron chi connectivity index (χ4n) is 1.89. The summed E-state index contributed by atoms with van der Waals surface area (Å²) < 4.78 is 1.80. The van der Waals surface area contributed by atoms with E-state index in [-0.39, 0.29) is 11.7 Å². The summed E-state index contributed by atoms with van der Waals surface area (Å²) >= 11 is 5.78. The summed E-state index contributed by atoms with van der Waals surface area (Å²) in [6, 6.07) is 4.57. The van der Waals surface area contributed by atoms with E-state index in [1.807, 2.05) is 14.0 Å². The Bertz CT molecular complexity index is 628. The van der Waals surface area contributed by atoms with Crippen molar-refractivity contribution in [1.29, 1.82) is 0 Å². The molecule has 0 saturated heterocycles. The molecule has 1 atom stereocenters. The monoisotopic (exact) mass is 295 g/mol. The molecular formula is C12H14ClN5O2. The van der Waals surface area contributed by atoms with Gasteiger partial charge in [0.05, 0.1) is 11.0 Å². The van der Waals surface area contributed by atoms with Crippen molar-refractivity contribution >= 4 is 17.3 Å². The van der Waals surface area contributed by atoms with Crippen LogP contribution in [0.25, 0.3) is 0 Å². The Morgan fingerprint density at radius 2 is 2.30 bits per heavy atom. The number of nitro benzene ring substituents is 1. The number of aromatic nitrogens is 3. The molecule has 1 unspecified atom stereocenters. The number of hydrogen-bond acceptors (Lipinski definition) is 5. The number of nitrogens with one attached hydrogen (secondary N) is 1. The maximum absolute atomic E-state index is 11.0. The van der Waals surface area contributed by atoms with E-state index in [2.05, 4.69) is 15.5 Å². The molecule has 2 aromatic rings. The molecule has 0 amide bonds. The Kier molecular flexibility index (Phi) is 4.31. The topological polar surface area (TPSA) is 85.9 Å². The Labute approximate surface area is 120 Å². The minimum Gasteiger partial charge on any atom is -0.319 e. The number of aryl methyl sites for hydroxylation is 1. The quantitative estimate of drug-likeness (QED) is 0.675. The molecule has 0 aliphatic rings. The Morgan fingerprint density at radius 1 is 1.55 bits per heavy atom. The zero-order valence-electron chi connectivity index (χ0n) is 11.1. The zero-order chi connectivity index (χ0) is 14.7. The van der Waals surface area contributed by atoms with Crippen LogP contribution < -0.4 is 5.32 Å². The highest BCUT2D eigenvalue weighted by atomic mass is 35.5. The Hall–Kier alpha value is -1.99. The third-order valence-corrected chi connectivity index (χ3v) is 3.21. The van der Waals surface area contributed by atoms with Gasteiger partial charge in [0.15, 0.2) is 0 Å². The van der Waals surface area contributed by atoms with Gasteiger partial charge in [-0.1, -0.05) is 11.6 Å². The average Bonchev–Trinajstić information content (AvgIpc) is 2.83. The number of rotatable bonds is 5. The molecule has 0 aliphatic carbocycles. The highest BCUT2D eigenvalue weighted by molar-refractivity contribution is 6.30. The van der Waals surface area contributed by atoms with Crippen LogP contribution in [0.4, 0.5) is 5.69 Å². The van der Waals surface area contributed by atoms with Gasteiger partial charge >= 0.3 is 0 Å². The predicted octanol–water partition coefficient (Wildman–Crippen LogP) is 2.23. The first-order valence-electron chi connectivity index (χ1n) is 5.99. The van der Waals surface area contributed by atoms with E-state index in [4.69, 9.17) is 11.6 Å². The second kappa shape index (κ2) is 5.98. The summed E-state index contributed by atoms with van der Waals surface area (Å²) in [5.74, 6) is 0.765. The molecule has 0 aliphatic heterocycles. The first kappa shape index (κ1) is 14.4. The van der Waals surface area contributed by atoms with Crippen molar-refractivity contribution in [3.05, 3.63) is 51.1 Å². The van der Waals surface area contributed by atoms with Crippen LogP contribution in [0.5, 0.6) is 0 Å². The molecule has 0 fully saturated rings. The molecule has 0 bridgehead atoms. The van der Waals surface area contributed by atoms with Crippen molar-refractivity contribution in [2.75, 3.05) is 0 Å². The number of benzene rings is 1. The summed E-state index contributed by atoms with van der Waals surface area (Å²) in [4.78, 5) is 10.6. The Morgan fingerprint density at radius 3 is 2.90 bits per heavy atom. The first-order chi connectivity index (χ1) is 9.49. The molecule has 1 heterocycles. The average molecular weight is 296 g/mol. The molecule has 0 saturated carbocycles. The van der Waals surface area contributed by atoms with E-state index >= 15 is 0 Å². The lowest BCUT2D eigenvalue weighted by molar-refractivity contribution is -0.385. The van der Waals surface area contributed by atoms with Crippen LogP contribution in [0, 0.1) is 10.1 Å². The van der Waals surface area contributed by atoms with Crippen molar-refractivity contribution in [3.63, 3.8) is 0 Å². The predicted molar refractivity (Wildman–Crippen MR) is 74.4 cm³/mol. The highest BCUT2D eigenvalue weighted by Crippen LogP contribution is 2.23. The van der Waals surface area contributed by atoms with Crippen LogP contribution in [0.1, 0.15) is 24.4 Å². The van der Waals surface area contributed by atoms with Gasteiger partial charge in [0.25, 0.3) is 5.69 Å². The van der Waals surface area contributed by atoms with E-state index in [0.717, 1.165) is 5.82 Å². The van der Waals surface area contributed by atoms with E-state index in [1.54, 1.807) is 23.0 Å². The molecule has 2 rings (SSSR count). The van der Waals surface area contributed by atoms with Gasteiger partial charge in [0, 0.05) is 30.2 Å². The van der Waals surface area contributed by atoms with E-state index in [1.165, 1.54) is 6.07 Å². The lowest BCUT2D eigenvalue weighted by atomic mass is 10.1. The van der Waals surface area contributed by atoms with Gasteiger partial charge in [-0.2, -0.15) is 0 Å². The molecule has 1 aromatic heterocycles. The highest BCUT2D eigenvalue weighted by Gasteiger charge is 2.16. The fourth-order valence-corrected chi connectivity index (χ4v) is 2.06. The smallest absolute Gasteiger partial charge is 0.275 e. The van der Waals surface area contributed by atoms with Gasteiger partial charge in [-0.25, -0.2) is 0 Å². The molecule has 20 heavy (non-hydrogen) atoms. The molecule has 8 heteroatoms. The lowest BCUT2D eigenvalue weighted by Crippen LogP contribution is -2.21. The van der Waals surface area contributed by atoms with Gasteiger partial charge < -0.3 is 9.88 Å². The van der Waals surface area contributed by atoms with Gasteiger partial charge in [-0.15, -0.1) is 10.2 Å². The second-order valence-electron chi connectivity index (χ2n) is 4.43. The molecule has 106 valence electrons. The molecule has 1 aromatic carbocycles. The third kappa shape index (κ3) is 3.12. The van der Waals surface area contributed by atoms with E-state index in [9.17, 15) is 10.1 Å². The van der Waals surface area contributed by atoms with Crippen LogP contribution in [-0.2, 0) is 13.6 Å². The summed E-state index contributed by atoms with van der Waals surface area (Å²) in [5, 5.41) is 22.3. The molecule has 1 N–H and O–H groups in total. The molecule has 7 nitrogen and oxygen atoms in total. The maximum atomic E-state index is 11.0. The van der Waals surface area contributed by atoms with Crippen molar-refractivity contribution < 1.29 is 4.92 Å². The van der Waals surface area contributed by atoms with Crippen molar-refractivity contribution in [3.8, 4) is 0 Å². The van der Waals surface area contributed by atoms with Crippen LogP contribution in [0.3, 0.4) is 0 Å². The third-order valence-electron chi connectivity index (χ3n) is 2.98. The van der Waals surface area contributed by atoms with Crippen LogP contribution in [0.2, 0.25) is 5.02 Å². The number of halogens is 1. The van der Waals surface area contributed by atoms with Gasteiger partial charge in [-0.05, 0) is 19.1 Å². The maximum Gasteiger partial charge on any atom is 0.275 e. The second-order valence-corrected chi connectivity index (χ2v) is 4.87. The largest absolute Gasteiger partial charge is 0.319 e. The number of nitrogens with zero attached hydrogens (tertiary/aromatic N) is 4. The summed E-state index contributed by atoms with van der Waals surface area (Å²) in [6.45, 7) is 2.27. The SMILES string of the molecule is CC(NCc1ccc(Cl)cc1[N+](=O)[O-])c1nncn1C. The zero-order valence-corrected chi connectivity index (χ0v) is 11.8. The molecule has 0 spiro atoms. The number of hydrogen-bond donors (Lipinski definition) is 1. The first-order valence-corrected chi connectivity index (χ1v) is 6.37. The van der Waals surface area contributed by atoms with Gasteiger partial charge in [0.2, 0.25) is 0 Å². The summed E-state index contributed by atoms with van der Waals surface area (Å²) in [5.41, 5.74) is 0.587. The minimum absolute atomic E-state index is 0.00941. The van der Waals surface area contributed by atoms with Crippen molar-refractivity contribution in [2.24, 2.45) is 7.05 Å². The Balaban J connectivity index is 2.11. The van der Waals surface area contributed by atoms with Gasteiger partial charge in [0.1, 0.15) is 12.2 Å². The van der Waals surface area contributed by atoms with Crippen molar-refractivity contribution in [1.82, 2.24) is 20.1 Å². The van der Waals surface area contributed by atoms with Gasteiger partial charge in [-0.3, -0.25) is 10.1 Å². The summed E-state index contributed by atoms with van der Waals surface area (Å²) in [7, 11) is 1.85. The van der Waals surface area contributed by atoms with Crippen LogP contribution in [0.15, 0.2) is 24.5 Å². The lowest BCUT2D eigenvalue weighted by Gasteiger charge is -2.13. The summed E-state index contributed by atoms with van der Waals surface area (Å²) in [6.07, 6.45) is 1.61. The normalized spacial score (nSPS) is 12.3. The molecular weight excluding hydrogens is 282 g/mol. The fraction of sp³-hybridized carbons (Fsp3) is 0.333. The molecule has 0 radical (unpaired) electrons. The van der Waals surface area contributed by atoms with Crippen LogP contribution >= 0.6 is 11.6 Å². The van der Waals surface area contributed by atoms with Crippen molar-refractivity contribution in [2.45, 2.75) is 19.5 Å². The number of nitro groups is 1. The standard InChI is InChI=1S/C12H14ClN5O2/c1-8(12-16-15-7-17(12)2)14-6-9-3-4-10(13)5-11(9)18(19)20/h3-5,7-8,14H,6H2,1-2H3. The minimum atomic E-state index is -0.435. The van der Waals surface area contributed by atoms with E-state index < -0.39 is 4.92 Å².